The zero-order chi connectivity index (χ0) is 12.3. The number of nitrogens with one attached hydrogen (secondary N) is 2. The van der Waals surface area contributed by atoms with E-state index in [2.05, 4.69) is 29.7 Å². The maximum absolute atomic E-state index is 11.2. The Morgan fingerprint density at radius 3 is 2.35 bits per heavy atom. The number of benzene rings is 1. The molecule has 1 heterocycles. The highest BCUT2D eigenvalue weighted by atomic mass is 32.2. The Hall–Kier alpha value is -0.810. The summed E-state index contributed by atoms with van der Waals surface area (Å²) in [4.78, 5) is 11.2. The van der Waals surface area contributed by atoms with Gasteiger partial charge in [-0.1, -0.05) is 12.1 Å². The van der Waals surface area contributed by atoms with Crippen LogP contribution in [0.5, 0.6) is 0 Å². The van der Waals surface area contributed by atoms with Gasteiger partial charge in [-0.05, 0) is 24.6 Å². The predicted octanol–water partition coefficient (Wildman–Crippen LogP) is 3.09. The normalized spacial score (nSPS) is 17.8. The van der Waals surface area contributed by atoms with Gasteiger partial charge in [-0.3, -0.25) is 0 Å². The van der Waals surface area contributed by atoms with Crippen molar-refractivity contribution in [1.29, 1.82) is 0 Å². The first-order valence-electron chi connectivity index (χ1n) is 5.51. The zero-order valence-electron chi connectivity index (χ0n) is 9.95. The molecule has 0 atom stereocenters. The second-order valence-corrected chi connectivity index (χ2v) is 7.21. The average Bonchev–Trinajstić information content (AvgIpc) is 2.78. The summed E-state index contributed by atoms with van der Waals surface area (Å²) in [6.45, 7) is 2.26. The molecule has 1 aliphatic heterocycles. The molecule has 2 amide bonds. The van der Waals surface area contributed by atoms with E-state index >= 15 is 0 Å². The summed E-state index contributed by atoms with van der Waals surface area (Å²) in [5.41, 5.74) is 2.14. The van der Waals surface area contributed by atoms with Crippen molar-refractivity contribution in [1.82, 2.24) is 5.32 Å². The van der Waals surface area contributed by atoms with Crippen molar-refractivity contribution in [3.05, 3.63) is 29.8 Å². The largest absolute Gasteiger partial charge is 0.341 e. The van der Waals surface area contributed by atoms with Crippen LogP contribution in [0.1, 0.15) is 12.5 Å². The molecular weight excluding hydrogens is 252 g/mol. The Balaban J connectivity index is 2.10. The van der Waals surface area contributed by atoms with Gasteiger partial charge in [0.25, 0.3) is 0 Å². The van der Waals surface area contributed by atoms with E-state index in [1.807, 2.05) is 35.7 Å². The number of rotatable bonds is 2. The van der Waals surface area contributed by atoms with Crippen LogP contribution in [0.15, 0.2) is 24.3 Å². The number of hydrogen-bond donors (Lipinski definition) is 2. The highest BCUT2D eigenvalue weighted by Gasteiger charge is 2.31. The Labute approximate surface area is 110 Å². The van der Waals surface area contributed by atoms with E-state index in [9.17, 15) is 4.79 Å². The lowest BCUT2D eigenvalue weighted by Crippen LogP contribution is -2.24. The van der Waals surface area contributed by atoms with Gasteiger partial charge in [0, 0.05) is 24.2 Å². The van der Waals surface area contributed by atoms with Crippen LogP contribution in [-0.4, -0.2) is 24.6 Å². The number of thioether (sulfide) groups is 2. The van der Waals surface area contributed by atoms with E-state index in [0.717, 1.165) is 5.69 Å². The molecule has 2 N–H and O–H groups in total. The van der Waals surface area contributed by atoms with E-state index in [4.69, 9.17) is 0 Å². The van der Waals surface area contributed by atoms with Crippen LogP contribution in [0.3, 0.4) is 0 Å². The number of urea groups is 1. The Morgan fingerprint density at radius 2 is 1.82 bits per heavy atom. The molecule has 1 saturated heterocycles. The van der Waals surface area contributed by atoms with Crippen molar-refractivity contribution in [2.75, 3.05) is 23.9 Å². The molecule has 0 aromatic heterocycles. The lowest BCUT2D eigenvalue weighted by atomic mass is 10.1. The third-order valence-electron chi connectivity index (χ3n) is 2.73. The van der Waals surface area contributed by atoms with Crippen molar-refractivity contribution in [3.63, 3.8) is 0 Å². The van der Waals surface area contributed by atoms with E-state index in [0.29, 0.717) is 0 Å². The number of amides is 2. The van der Waals surface area contributed by atoms with E-state index < -0.39 is 0 Å². The maximum Gasteiger partial charge on any atom is 0.318 e. The summed E-state index contributed by atoms with van der Waals surface area (Å²) in [6, 6.07) is 7.91. The second-order valence-electron chi connectivity index (χ2n) is 3.92. The minimum atomic E-state index is -0.187. The fraction of sp³-hybridized carbons (Fsp3) is 0.417. The molecule has 1 aliphatic rings. The Bertz CT molecular complexity index is 399. The minimum Gasteiger partial charge on any atom is -0.341 e. The molecule has 92 valence electrons. The Kier molecular flexibility index (Phi) is 3.89. The molecule has 5 heteroatoms. The van der Waals surface area contributed by atoms with E-state index in [1.54, 1.807) is 7.05 Å². The fourth-order valence-corrected chi connectivity index (χ4v) is 4.62. The van der Waals surface area contributed by atoms with Gasteiger partial charge in [-0.25, -0.2) is 4.79 Å². The van der Waals surface area contributed by atoms with Crippen LogP contribution >= 0.6 is 23.5 Å². The standard InChI is InChI=1S/C12H16N2OS2/c1-12(16-7-8-17-12)9-3-5-10(6-4-9)14-11(15)13-2/h3-6H,7-8H2,1-2H3,(H2,13,14,15). The summed E-state index contributed by atoms with van der Waals surface area (Å²) in [5, 5.41) is 5.29. The molecule has 0 aliphatic carbocycles. The molecule has 0 unspecified atom stereocenters. The average molecular weight is 268 g/mol. The van der Waals surface area contributed by atoms with Crippen molar-refractivity contribution in [2.24, 2.45) is 0 Å². The molecule has 1 aromatic carbocycles. The van der Waals surface area contributed by atoms with Gasteiger partial charge in [-0.15, -0.1) is 23.5 Å². The lowest BCUT2D eigenvalue weighted by molar-refractivity contribution is 0.254. The highest BCUT2D eigenvalue weighted by molar-refractivity contribution is 8.20. The first-order valence-corrected chi connectivity index (χ1v) is 7.48. The fourth-order valence-electron chi connectivity index (χ4n) is 1.73. The van der Waals surface area contributed by atoms with Gasteiger partial charge in [0.15, 0.2) is 0 Å². The molecule has 1 fully saturated rings. The predicted molar refractivity (Wildman–Crippen MR) is 76.8 cm³/mol. The van der Waals surface area contributed by atoms with Crippen molar-refractivity contribution >= 4 is 35.2 Å². The van der Waals surface area contributed by atoms with Crippen LogP contribution in [0.25, 0.3) is 0 Å². The van der Waals surface area contributed by atoms with Crippen molar-refractivity contribution in [3.8, 4) is 0 Å². The molecule has 0 bridgehead atoms. The molecule has 0 radical (unpaired) electrons. The summed E-state index contributed by atoms with van der Waals surface area (Å²) in [5.74, 6) is 2.42. The number of carbonyl (C=O) groups is 1. The van der Waals surface area contributed by atoms with Crippen LogP contribution in [0.4, 0.5) is 10.5 Å². The third-order valence-corrected chi connectivity index (χ3v) is 6.09. The number of anilines is 1. The summed E-state index contributed by atoms with van der Waals surface area (Å²) in [6.07, 6.45) is 0. The lowest BCUT2D eigenvalue weighted by Gasteiger charge is -2.22. The van der Waals surface area contributed by atoms with E-state index in [1.165, 1.54) is 17.1 Å². The molecule has 17 heavy (non-hydrogen) atoms. The quantitative estimate of drug-likeness (QED) is 0.866. The van der Waals surface area contributed by atoms with Crippen molar-refractivity contribution in [2.45, 2.75) is 11.0 Å². The van der Waals surface area contributed by atoms with Crippen LogP contribution in [0.2, 0.25) is 0 Å². The first kappa shape index (κ1) is 12.6. The zero-order valence-corrected chi connectivity index (χ0v) is 11.6. The van der Waals surface area contributed by atoms with Gasteiger partial charge >= 0.3 is 6.03 Å². The maximum atomic E-state index is 11.2. The topological polar surface area (TPSA) is 41.1 Å². The Morgan fingerprint density at radius 1 is 1.24 bits per heavy atom. The van der Waals surface area contributed by atoms with Gasteiger partial charge in [-0.2, -0.15) is 0 Å². The van der Waals surface area contributed by atoms with Crippen molar-refractivity contribution < 1.29 is 4.79 Å². The van der Waals surface area contributed by atoms with E-state index in [-0.39, 0.29) is 10.1 Å². The molecule has 0 spiro atoms. The number of hydrogen-bond acceptors (Lipinski definition) is 3. The summed E-state index contributed by atoms with van der Waals surface area (Å²) in [7, 11) is 1.61. The molecule has 2 rings (SSSR count). The van der Waals surface area contributed by atoms with Crippen LogP contribution in [0, 0.1) is 0 Å². The number of carbonyl (C=O) groups excluding carboxylic acids is 1. The molecule has 0 saturated carbocycles. The van der Waals surface area contributed by atoms with Gasteiger partial charge < -0.3 is 10.6 Å². The van der Waals surface area contributed by atoms with Gasteiger partial charge in [0.1, 0.15) is 0 Å². The van der Waals surface area contributed by atoms with Gasteiger partial charge in [0.2, 0.25) is 0 Å². The van der Waals surface area contributed by atoms with Gasteiger partial charge in [0.05, 0.1) is 4.08 Å². The SMILES string of the molecule is CNC(=O)Nc1ccc(C2(C)SCCS2)cc1. The summed E-state index contributed by atoms with van der Waals surface area (Å²) >= 11 is 3.97. The van der Waals surface area contributed by atoms with Crippen LogP contribution in [-0.2, 0) is 4.08 Å². The van der Waals surface area contributed by atoms with Crippen LogP contribution < -0.4 is 10.6 Å². The molecule has 1 aromatic rings. The summed E-state index contributed by atoms with van der Waals surface area (Å²) < 4.78 is 0.172. The molecule has 3 nitrogen and oxygen atoms in total. The second kappa shape index (κ2) is 5.23. The molecular formula is C12H16N2OS2. The highest BCUT2D eigenvalue weighted by Crippen LogP contribution is 2.51. The third kappa shape index (κ3) is 2.90. The first-order chi connectivity index (χ1) is 8.14. The smallest absolute Gasteiger partial charge is 0.318 e. The minimum absolute atomic E-state index is 0.172. The monoisotopic (exact) mass is 268 g/mol.